The van der Waals surface area contributed by atoms with Gasteiger partial charge in [-0.1, -0.05) is 0 Å². The fraction of sp³-hybridized carbons (Fsp3) is 0.481. The fourth-order valence-corrected chi connectivity index (χ4v) is 5.05. The molecule has 1 aromatic carbocycles. The Bertz CT molecular complexity index is 1260. The van der Waals surface area contributed by atoms with Crippen LogP contribution < -0.4 is 19.3 Å². The summed E-state index contributed by atoms with van der Waals surface area (Å²) in [5.41, 5.74) is 2.96. The Kier molecular flexibility index (Phi) is 7.16. The fourth-order valence-electron chi connectivity index (χ4n) is 5.05. The Morgan fingerprint density at radius 3 is 2.32 bits per heavy atom. The molecule has 196 valence electrons. The van der Waals surface area contributed by atoms with E-state index in [-0.39, 0.29) is 5.91 Å². The third kappa shape index (κ3) is 5.19. The van der Waals surface area contributed by atoms with Crippen molar-refractivity contribution in [3.8, 4) is 22.8 Å². The van der Waals surface area contributed by atoms with E-state index in [2.05, 4.69) is 14.9 Å². The number of aromatic nitrogens is 4. The van der Waals surface area contributed by atoms with Gasteiger partial charge in [-0.2, -0.15) is 10.1 Å². The van der Waals surface area contributed by atoms with Gasteiger partial charge in [-0.15, -0.1) is 0 Å². The van der Waals surface area contributed by atoms with Crippen LogP contribution in [0.1, 0.15) is 35.4 Å². The summed E-state index contributed by atoms with van der Waals surface area (Å²) in [4.78, 5) is 29.5. The van der Waals surface area contributed by atoms with E-state index in [4.69, 9.17) is 19.4 Å². The predicted molar refractivity (Wildman–Crippen MR) is 143 cm³/mol. The van der Waals surface area contributed by atoms with Crippen LogP contribution in [0.2, 0.25) is 0 Å². The normalized spacial score (nSPS) is 16.2. The van der Waals surface area contributed by atoms with Crippen LogP contribution >= 0.6 is 0 Å². The first-order valence-corrected chi connectivity index (χ1v) is 12.9. The molecular formula is C27H35N7O3. The van der Waals surface area contributed by atoms with Gasteiger partial charge < -0.3 is 24.2 Å². The summed E-state index contributed by atoms with van der Waals surface area (Å²) in [6, 6.07) is 9.42. The number of rotatable bonds is 6. The first-order valence-electron chi connectivity index (χ1n) is 12.9. The highest BCUT2D eigenvalue weighted by molar-refractivity contribution is 5.94. The average molecular weight is 506 g/mol. The van der Waals surface area contributed by atoms with Crippen molar-refractivity contribution >= 4 is 17.7 Å². The number of piperidine rings is 1. The Balaban J connectivity index is 1.29. The van der Waals surface area contributed by atoms with Crippen LogP contribution in [0, 0.1) is 6.92 Å². The molecule has 0 saturated carbocycles. The second-order valence-electron chi connectivity index (χ2n) is 9.60. The van der Waals surface area contributed by atoms with Crippen LogP contribution in [0.15, 0.2) is 30.3 Å². The summed E-state index contributed by atoms with van der Waals surface area (Å²) in [5, 5.41) is 4.61. The van der Waals surface area contributed by atoms with E-state index in [9.17, 15) is 4.79 Å². The first kappa shape index (κ1) is 24.9. The molecule has 2 aliphatic heterocycles. The number of ether oxygens (including phenoxy) is 2. The second-order valence-corrected chi connectivity index (χ2v) is 9.60. The van der Waals surface area contributed by atoms with Crippen molar-refractivity contribution in [2.24, 2.45) is 7.05 Å². The molecule has 1 amide bonds. The van der Waals surface area contributed by atoms with E-state index in [0.29, 0.717) is 36.0 Å². The molecule has 0 N–H and O–H groups in total. The molecular weight excluding hydrogens is 470 g/mol. The van der Waals surface area contributed by atoms with E-state index in [1.54, 1.807) is 25.9 Å². The highest BCUT2D eigenvalue weighted by atomic mass is 16.5. The van der Waals surface area contributed by atoms with E-state index < -0.39 is 0 Å². The van der Waals surface area contributed by atoms with Crippen LogP contribution in [0.3, 0.4) is 0 Å². The molecule has 2 saturated heterocycles. The van der Waals surface area contributed by atoms with Gasteiger partial charge >= 0.3 is 0 Å². The van der Waals surface area contributed by atoms with E-state index in [1.165, 1.54) is 19.3 Å². The Morgan fingerprint density at radius 2 is 1.62 bits per heavy atom. The van der Waals surface area contributed by atoms with Crippen molar-refractivity contribution in [1.82, 2.24) is 24.6 Å². The lowest BCUT2D eigenvalue weighted by molar-refractivity contribution is 0.0735. The maximum Gasteiger partial charge on any atom is 0.272 e. The first-order chi connectivity index (χ1) is 18.0. The minimum Gasteiger partial charge on any atom is -0.497 e. The predicted octanol–water partition coefficient (Wildman–Crippen LogP) is 3.16. The number of benzene rings is 1. The summed E-state index contributed by atoms with van der Waals surface area (Å²) in [5.74, 6) is 3.11. The topological polar surface area (TPSA) is 88.9 Å². The largest absolute Gasteiger partial charge is 0.497 e. The molecule has 5 rings (SSSR count). The van der Waals surface area contributed by atoms with Gasteiger partial charge in [-0.3, -0.25) is 9.48 Å². The van der Waals surface area contributed by atoms with Gasteiger partial charge in [-0.05, 0) is 50.5 Å². The van der Waals surface area contributed by atoms with Gasteiger partial charge in [0.05, 0.1) is 19.9 Å². The third-order valence-electron chi connectivity index (χ3n) is 7.14. The highest BCUT2D eigenvalue weighted by Gasteiger charge is 2.27. The number of hydrogen-bond acceptors (Lipinski definition) is 8. The van der Waals surface area contributed by atoms with Crippen molar-refractivity contribution in [2.75, 3.05) is 63.3 Å². The lowest BCUT2D eigenvalue weighted by Gasteiger charge is -2.36. The van der Waals surface area contributed by atoms with Gasteiger partial charge in [0.25, 0.3) is 5.91 Å². The van der Waals surface area contributed by atoms with Gasteiger partial charge in [0.2, 0.25) is 5.95 Å². The monoisotopic (exact) mass is 505 g/mol. The molecule has 0 bridgehead atoms. The molecule has 0 unspecified atom stereocenters. The molecule has 37 heavy (non-hydrogen) atoms. The van der Waals surface area contributed by atoms with Crippen LogP contribution in [0.5, 0.6) is 11.5 Å². The summed E-state index contributed by atoms with van der Waals surface area (Å²) >= 11 is 0. The molecule has 0 atom stereocenters. The van der Waals surface area contributed by atoms with Gasteiger partial charge in [0.15, 0.2) is 0 Å². The van der Waals surface area contributed by atoms with Crippen molar-refractivity contribution in [1.29, 1.82) is 0 Å². The summed E-state index contributed by atoms with van der Waals surface area (Å²) in [6.07, 6.45) is 3.65. The molecule has 4 heterocycles. The maximum atomic E-state index is 13.5. The number of nitrogens with zero attached hydrogens (tertiary/aromatic N) is 7. The SMILES string of the molecule is COc1ccc(OC)c(-c2cc(C(=O)N3CCN(c4cc(C)nc(N5CCCCC5)n4)CC3)n(C)n2)c1. The van der Waals surface area contributed by atoms with Gasteiger partial charge in [-0.25, -0.2) is 4.98 Å². The Labute approximate surface area is 217 Å². The van der Waals surface area contributed by atoms with Crippen LogP contribution in [0.25, 0.3) is 11.3 Å². The zero-order valence-corrected chi connectivity index (χ0v) is 22.1. The molecule has 2 aromatic heterocycles. The molecule has 10 nitrogen and oxygen atoms in total. The lowest BCUT2D eigenvalue weighted by atomic mass is 10.1. The molecule has 2 fully saturated rings. The lowest BCUT2D eigenvalue weighted by Crippen LogP contribution is -2.49. The Morgan fingerprint density at radius 1 is 0.865 bits per heavy atom. The molecule has 0 aliphatic carbocycles. The quantitative estimate of drug-likeness (QED) is 0.505. The van der Waals surface area contributed by atoms with Gasteiger partial charge in [0.1, 0.15) is 23.0 Å². The zero-order valence-electron chi connectivity index (χ0n) is 22.1. The highest BCUT2D eigenvalue weighted by Crippen LogP contribution is 2.33. The van der Waals surface area contributed by atoms with Gasteiger partial charge in [0, 0.05) is 63.6 Å². The molecule has 0 spiro atoms. The second kappa shape index (κ2) is 10.7. The van der Waals surface area contributed by atoms with Crippen LogP contribution in [-0.2, 0) is 7.05 Å². The van der Waals surface area contributed by atoms with Crippen molar-refractivity contribution in [3.05, 3.63) is 41.7 Å². The zero-order chi connectivity index (χ0) is 25.9. The van der Waals surface area contributed by atoms with Crippen molar-refractivity contribution in [2.45, 2.75) is 26.2 Å². The number of methoxy groups -OCH3 is 2. The number of aryl methyl sites for hydroxylation is 2. The van der Waals surface area contributed by atoms with E-state index >= 15 is 0 Å². The number of amides is 1. The minimum atomic E-state index is -0.0318. The van der Waals surface area contributed by atoms with E-state index in [0.717, 1.165) is 49.2 Å². The Hall–Kier alpha value is -3.82. The van der Waals surface area contributed by atoms with Crippen molar-refractivity contribution < 1.29 is 14.3 Å². The standard InChI is InChI=1S/C27H35N7O3/c1-19-16-25(29-27(28-19)34-10-6-5-7-11-34)32-12-14-33(15-13-32)26(35)23-18-22(30-31(23)2)21-17-20(36-3)8-9-24(21)37-4/h8-9,16-18H,5-7,10-15H2,1-4H3. The summed E-state index contributed by atoms with van der Waals surface area (Å²) in [6.45, 7) is 6.72. The van der Waals surface area contributed by atoms with E-state index in [1.807, 2.05) is 42.2 Å². The summed E-state index contributed by atoms with van der Waals surface area (Å²) < 4.78 is 12.5. The molecule has 2 aliphatic rings. The maximum absolute atomic E-state index is 13.5. The van der Waals surface area contributed by atoms with Crippen molar-refractivity contribution in [3.63, 3.8) is 0 Å². The molecule has 3 aromatic rings. The number of carbonyl (C=O) groups excluding carboxylic acids is 1. The smallest absolute Gasteiger partial charge is 0.272 e. The average Bonchev–Trinajstić information content (AvgIpc) is 3.33. The van der Waals surface area contributed by atoms with Crippen LogP contribution in [-0.4, -0.2) is 84.0 Å². The molecule has 0 radical (unpaired) electrons. The molecule has 10 heteroatoms. The number of hydrogen-bond donors (Lipinski definition) is 0. The number of carbonyl (C=O) groups is 1. The third-order valence-corrected chi connectivity index (χ3v) is 7.14. The van der Waals surface area contributed by atoms with Crippen LogP contribution in [0.4, 0.5) is 11.8 Å². The number of piperazine rings is 1. The minimum absolute atomic E-state index is 0.0318. The number of anilines is 2. The summed E-state index contributed by atoms with van der Waals surface area (Å²) in [7, 11) is 5.04.